The van der Waals surface area contributed by atoms with Gasteiger partial charge in [0.2, 0.25) is 0 Å². The van der Waals surface area contributed by atoms with Gasteiger partial charge in [-0.05, 0) is 44.0 Å². The summed E-state index contributed by atoms with van der Waals surface area (Å²) < 4.78 is 12.0. The Morgan fingerprint density at radius 2 is 1.70 bits per heavy atom. The molecule has 2 aromatic carbocycles. The molecule has 1 heterocycles. The Morgan fingerprint density at radius 1 is 1.00 bits per heavy atom. The summed E-state index contributed by atoms with van der Waals surface area (Å²) in [5.74, 6) is 0.885. The van der Waals surface area contributed by atoms with Crippen LogP contribution in [0.15, 0.2) is 42.5 Å². The van der Waals surface area contributed by atoms with Gasteiger partial charge in [0.1, 0.15) is 0 Å². The highest BCUT2D eigenvalue weighted by molar-refractivity contribution is 6.04. The smallest absolute Gasteiger partial charge is 0.255 e. The fraction of sp³-hybridized carbons (Fsp3) is 0.316. The molecule has 23 heavy (non-hydrogen) atoms. The number of carbonyl (C=O) groups excluding carboxylic acids is 1. The predicted molar refractivity (Wildman–Crippen MR) is 88.0 cm³/mol. The van der Waals surface area contributed by atoms with E-state index >= 15 is 0 Å². The third kappa shape index (κ3) is 2.65. The highest BCUT2D eigenvalue weighted by atomic mass is 16.7. The molecule has 1 saturated carbocycles. The van der Waals surface area contributed by atoms with Gasteiger partial charge in [0.15, 0.2) is 11.5 Å². The summed E-state index contributed by atoms with van der Waals surface area (Å²) in [4.78, 5) is 12.3. The Labute approximate surface area is 135 Å². The van der Waals surface area contributed by atoms with Crippen molar-refractivity contribution in [2.45, 2.75) is 38.4 Å². The van der Waals surface area contributed by atoms with Crippen molar-refractivity contribution >= 4 is 11.6 Å². The zero-order chi connectivity index (χ0) is 15.9. The second-order valence-electron chi connectivity index (χ2n) is 6.30. The molecule has 118 valence electrons. The van der Waals surface area contributed by atoms with E-state index in [1.165, 1.54) is 0 Å². The standard InChI is InChI=1S/C19H19NO3/c1-13-4-6-14(7-5-13)18(21)20-15-8-9-16-17(12-15)23-19(22-16)10-2-3-11-19/h4-9,12H,2-3,10-11H2,1H3,(H,20,21). The monoisotopic (exact) mass is 309 g/mol. The topological polar surface area (TPSA) is 47.6 Å². The molecule has 1 fully saturated rings. The van der Waals surface area contributed by atoms with Crippen LogP contribution in [0.3, 0.4) is 0 Å². The van der Waals surface area contributed by atoms with Gasteiger partial charge in [0.25, 0.3) is 11.7 Å². The minimum Gasteiger partial charge on any atom is -0.448 e. The second-order valence-corrected chi connectivity index (χ2v) is 6.30. The summed E-state index contributed by atoms with van der Waals surface area (Å²) >= 11 is 0. The van der Waals surface area contributed by atoms with Crippen LogP contribution in [0.5, 0.6) is 11.5 Å². The molecule has 0 aromatic heterocycles. The van der Waals surface area contributed by atoms with Crippen LogP contribution in [-0.4, -0.2) is 11.7 Å². The predicted octanol–water partition coefficient (Wildman–Crippen LogP) is 4.29. The average molecular weight is 309 g/mol. The van der Waals surface area contributed by atoms with Crippen molar-refractivity contribution in [3.63, 3.8) is 0 Å². The fourth-order valence-corrected chi connectivity index (χ4v) is 3.20. The molecule has 4 nitrogen and oxygen atoms in total. The summed E-state index contributed by atoms with van der Waals surface area (Å²) in [5, 5.41) is 2.91. The van der Waals surface area contributed by atoms with Gasteiger partial charge in [-0.1, -0.05) is 17.7 Å². The molecule has 1 amide bonds. The van der Waals surface area contributed by atoms with Crippen LogP contribution in [0, 0.1) is 6.92 Å². The first kappa shape index (κ1) is 14.1. The molecule has 0 unspecified atom stereocenters. The van der Waals surface area contributed by atoms with E-state index in [1.807, 2.05) is 49.4 Å². The van der Waals surface area contributed by atoms with Crippen molar-refractivity contribution in [1.82, 2.24) is 0 Å². The first-order valence-corrected chi connectivity index (χ1v) is 8.04. The molecular weight excluding hydrogens is 290 g/mol. The van der Waals surface area contributed by atoms with E-state index in [1.54, 1.807) is 0 Å². The quantitative estimate of drug-likeness (QED) is 0.900. The number of hydrogen-bond donors (Lipinski definition) is 1. The normalized spacial score (nSPS) is 17.4. The van der Waals surface area contributed by atoms with E-state index in [2.05, 4.69) is 5.32 Å². The van der Waals surface area contributed by atoms with Gasteiger partial charge >= 0.3 is 0 Å². The molecule has 4 rings (SSSR count). The summed E-state index contributed by atoms with van der Waals surface area (Å²) in [6, 6.07) is 13.1. The number of anilines is 1. The van der Waals surface area contributed by atoms with Gasteiger partial charge in [0.05, 0.1) is 0 Å². The highest BCUT2D eigenvalue weighted by Crippen LogP contribution is 2.47. The highest BCUT2D eigenvalue weighted by Gasteiger charge is 2.44. The minimum atomic E-state index is -0.470. The Bertz CT molecular complexity index is 746. The Hall–Kier alpha value is -2.49. The van der Waals surface area contributed by atoms with Gasteiger partial charge in [-0.15, -0.1) is 0 Å². The minimum absolute atomic E-state index is 0.126. The number of rotatable bonds is 2. The number of hydrogen-bond acceptors (Lipinski definition) is 3. The van der Waals surface area contributed by atoms with E-state index in [9.17, 15) is 4.79 Å². The van der Waals surface area contributed by atoms with E-state index < -0.39 is 5.79 Å². The van der Waals surface area contributed by atoms with E-state index in [-0.39, 0.29) is 5.91 Å². The van der Waals surface area contributed by atoms with E-state index in [0.717, 1.165) is 37.0 Å². The van der Waals surface area contributed by atoms with Crippen molar-refractivity contribution in [3.05, 3.63) is 53.6 Å². The van der Waals surface area contributed by atoms with Gasteiger partial charge < -0.3 is 14.8 Å². The number of ether oxygens (including phenoxy) is 2. The van der Waals surface area contributed by atoms with Crippen LogP contribution in [-0.2, 0) is 0 Å². The fourth-order valence-electron chi connectivity index (χ4n) is 3.20. The molecule has 1 N–H and O–H groups in total. The lowest BCUT2D eigenvalue weighted by atomic mass is 10.1. The lowest BCUT2D eigenvalue weighted by Crippen LogP contribution is -2.34. The number of benzene rings is 2. The van der Waals surface area contributed by atoms with Crippen molar-refractivity contribution in [2.75, 3.05) is 5.32 Å². The van der Waals surface area contributed by atoms with Crippen molar-refractivity contribution in [1.29, 1.82) is 0 Å². The van der Waals surface area contributed by atoms with Gasteiger partial charge in [-0.25, -0.2) is 0 Å². The Kier molecular flexibility index (Phi) is 3.26. The zero-order valence-electron chi connectivity index (χ0n) is 13.1. The molecule has 0 bridgehead atoms. The number of aryl methyl sites for hydroxylation is 1. The van der Waals surface area contributed by atoms with E-state index in [4.69, 9.17) is 9.47 Å². The van der Waals surface area contributed by atoms with Crippen molar-refractivity contribution < 1.29 is 14.3 Å². The van der Waals surface area contributed by atoms with Gasteiger partial charge in [-0.3, -0.25) is 4.79 Å². The third-order valence-corrected chi connectivity index (χ3v) is 4.47. The summed E-state index contributed by atoms with van der Waals surface area (Å²) in [6.45, 7) is 2.00. The summed E-state index contributed by atoms with van der Waals surface area (Å²) in [5.41, 5.74) is 2.49. The van der Waals surface area contributed by atoms with Crippen LogP contribution in [0.25, 0.3) is 0 Å². The molecule has 0 radical (unpaired) electrons. The van der Waals surface area contributed by atoms with E-state index in [0.29, 0.717) is 17.0 Å². The van der Waals surface area contributed by atoms with Crippen LogP contribution in [0.4, 0.5) is 5.69 Å². The molecule has 1 aliphatic heterocycles. The molecule has 1 spiro atoms. The van der Waals surface area contributed by atoms with Crippen molar-refractivity contribution in [3.8, 4) is 11.5 Å². The number of carbonyl (C=O) groups is 1. The molecule has 1 aliphatic carbocycles. The molecular formula is C19H19NO3. The Balaban J connectivity index is 1.51. The first-order valence-electron chi connectivity index (χ1n) is 8.04. The SMILES string of the molecule is Cc1ccc(C(=O)Nc2ccc3c(c2)OC2(CCCC2)O3)cc1. The molecule has 0 atom stereocenters. The second kappa shape index (κ2) is 5.30. The zero-order valence-corrected chi connectivity index (χ0v) is 13.1. The molecule has 4 heteroatoms. The van der Waals surface area contributed by atoms with Crippen LogP contribution < -0.4 is 14.8 Å². The maximum atomic E-state index is 12.3. The molecule has 2 aromatic rings. The lowest BCUT2D eigenvalue weighted by Gasteiger charge is -2.21. The third-order valence-electron chi connectivity index (χ3n) is 4.47. The molecule has 2 aliphatic rings. The Morgan fingerprint density at radius 3 is 2.43 bits per heavy atom. The number of amides is 1. The number of nitrogens with one attached hydrogen (secondary N) is 1. The molecule has 0 saturated heterocycles. The van der Waals surface area contributed by atoms with Gasteiger partial charge in [0, 0.05) is 30.2 Å². The van der Waals surface area contributed by atoms with Crippen molar-refractivity contribution in [2.24, 2.45) is 0 Å². The largest absolute Gasteiger partial charge is 0.448 e. The van der Waals surface area contributed by atoms with Gasteiger partial charge in [-0.2, -0.15) is 0 Å². The maximum Gasteiger partial charge on any atom is 0.255 e. The average Bonchev–Trinajstić information content (AvgIpc) is 3.14. The van der Waals surface area contributed by atoms with Crippen LogP contribution >= 0.6 is 0 Å². The van der Waals surface area contributed by atoms with Crippen LogP contribution in [0.2, 0.25) is 0 Å². The maximum absolute atomic E-state index is 12.3. The summed E-state index contributed by atoms with van der Waals surface area (Å²) in [6.07, 6.45) is 4.11. The lowest BCUT2D eigenvalue weighted by molar-refractivity contribution is -0.0716. The number of fused-ring (bicyclic) bond motifs is 1. The summed E-state index contributed by atoms with van der Waals surface area (Å²) in [7, 11) is 0. The first-order chi connectivity index (χ1) is 11.1. The van der Waals surface area contributed by atoms with Crippen LogP contribution in [0.1, 0.15) is 41.6 Å².